The number of aromatic nitrogens is 4. The third kappa shape index (κ3) is 4.38. The van der Waals surface area contributed by atoms with Crippen molar-refractivity contribution in [2.24, 2.45) is 0 Å². The van der Waals surface area contributed by atoms with Gasteiger partial charge in [-0.3, -0.25) is 4.79 Å². The third-order valence-electron chi connectivity index (χ3n) is 6.67. The van der Waals surface area contributed by atoms with Crippen LogP contribution in [0, 0.1) is 18.8 Å². The van der Waals surface area contributed by atoms with Crippen molar-refractivity contribution in [3.63, 3.8) is 0 Å². The zero-order valence-electron chi connectivity index (χ0n) is 19.9. The normalized spacial score (nSPS) is 19.6. The summed E-state index contributed by atoms with van der Waals surface area (Å²) in [5.74, 6) is 6.52. The molecule has 2 aliphatic rings. The summed E-state index contributed by atoms with van der Waals surface area (Å²) in [6.07, 6.45) is 2.93. The Morgan fingerprint density at radius 3 is 3.03 bits per heavy atom. The fourth-order valence-electron chi connectivity index (χ4n) is 4.97. The molecule has 1 fully saturated rings. The largest absolute Gasteiger partial charge is 0.366 e. The molecule has 0 saturated carbocycles. The van der Waals surface area contributed by atoms with E-state index < -0.39 is 12.2 Å². The fourth-order valence-corrected chi connectivity index (χ4v) is 4.97. The Balaban J connectivity index is 1.34. The number of ether oxygens (including phenoxy) is 1. The van der Waals surface area contributed by atoms with E-state index in [9.17, 15) is 9.18 Å². The van der Waals surface area contributed by atoms with Crippen LogP contribution in [0.15, 0.2) is 48.7 Å². The number of nitrogens with zero attached hydrogens (tertiary/aromatic N) is 3. The molecule has 0 bridgehead atoms. The lowest BCUT2D eigenvalue weighted by Crippen LogP contribution is -2.32. The number of amides is 1. The Labute approximate surface area is 208 Å². The van der Waals surface area contributed by atoms with Crippen LogP contribution in [0.4, 0.5) is 4.39 Å². The molecule has 1 amide bonds. The number of imidazole rings is 1. The topological polar surface area (TPSA) is 84.8 Å². The predicted octanol–water partition coefficient (Wildman–Crippen LogP) is 4.01. The van der Waals surface area contributed by atoms with Gasteiger partial charge in [0, 0.05) is 47.4 Å². The molecule has 3 aromatic heterocycles. The molecule has 5 heterocycles. The summed E-state index contributed by atoms with van der Waals surface area (Å²) in [6.45, 7) is 2.80. The number of H-pyrrole nitrogens is 1. The molecular weight excluding hydrogens is 457 g/mol. The van der Waals surface area contributed by atoms with Crippen molar-refractivity contribution >= 4 is 16.8 Å². The quantitative estimate of drug-likeness (QED) is 0.430. The van der Waals surface area contributed by atoms with E-state index in [1.54, 1.807) is 12.3 Å². The standard InChI is InChI=1S/C28H26FN5O2/c1-17-11-18(8-9-22-6-4-10-36-22)12-25(31-17)28(35)33-26(24-13-19-5-2-3-7-23(19)32-24)27-30-15-21-14-20(29)16-34(21)27/h2-3,5,7,11-13,15,20,22,26,32H,4,6,10,14,16H2,1H3,(H,33,35)/t20-,22?,26?/m0/s1. The van der Waals surface area contributed by atoms with Gasteiger partial charge in [-0.15, -0.1) is 0 Å². The summed E-state index contributed by atoms with van der Waals surface area (Å²) < 4.78 is 21.6. The number of aromatic amines is 1. The maximum absolute atomic E-state index is 14.2. The SMILES string of the molecule is Cc1cc(C#CC2CCCO2)cc(C(=O)NC(c2cc3ccccc3[nH]2)c2ncc3n2C[C@@H](F)C3)n1. The number of fused-ring (bicyclic) bond motifs is 2. The van der Waals surface area contributed by atoms with Crippen LogP contribution in [-0.2, 0) is 17.7 Å². The molecule has 0 radical (unpaired) electrons. The number of rotatable bonds is 4. The van der Waals surface area contributed by atoms with Crippen molar-refractivity contribution in [2.45, 2.75) is 51.0 Å². The molecule has 36 heavy (non-hydrogen) atoms. The van der Waals surface area contributed by atoms with Crippen LogP contribution in [0.2, 0.25) is 0 Å². The number of carbonyl (C=O) groups excluding carboxylic acids is 1. The summed E-state index contributed by atoms with van der Waals surface area (Å²) in [6, 6.07) is 12.8. The zero-order chi connectivity index (χ0) is 24.6. The average molecular weight is 484 g/mol. The number of para-hydroxylation sites is 1. The molecule has 1 aromatic carbocycles. The molecule has 182 valence electrons. The van der Waals surface area contributed by atoms with E-state index in [0.29, 0.717) is 23.5 Å². The summed E-state index contributed by atoms with van der Waals surface area (Å²) in [5.41, 5.74) is 4.23. The first-order valence-corrected chi connectivity index (χ1v) is 12.2. The second kappa shape index (κ2) is 9.25. The average Bonchev–Trinajstić information content (AvgIpc) is 3.65. The van der Waals surface area contributed by atoms with Crippen LogP contribution in [0.1, 0.15) is 57.8 Å². The highest BCUT2D eigenvalue weighted by Gasteiger charge is 2.30. The van der Waals surface area contributed by atoms with E-state index in [2.05, 4.69) is 32.1 Å². The maximum atomic E-state index is 14.2. The van der Waals surface area contributed by atoms with Crippen LogP contribution in [0.25, 0.3) is 10.9 Å². The van der Waals surface area contributed by atoms with Gasteiger partial charge in [0.15, 0.2) is 0 Å². The summed E-state index contributed by atoms with van der Waals surface area (Å²) in [7, 11) is 0. The van der Waals surface area contributed by atoms with Crippen molar-refractivity contribution in [1.29, 1.82) is 0 Å². The Hall–Kier alpha value is -3.96. The minimum absolute atomic E-state index is 0.0657. The van der Waals surface area contributed by atoms with Gasteiger partial charge in [0.1, 0.15) is 29.8 Å². The third-order valence-corrected chi connectivity index (χ3v) is 6.67. The molecule has 6 rings (SSSR count). The molecule has 2 N–H and O–H groups in total. The van der Waals surface area contributed by atoms with E-state index in [1.165, 1.54) is 0 Å². The lowest BCUT2D eigenvalue weighted by molar-refractivity contribution is 0.0935. The van der Waals surface area contributed by atoms with Crippen molar-refractivity contribution in [2.75, 3.05) is 6.61 Å². The van der Waals surface area contributed by atoms with Crippen LogP contribution < -0.4 is 5.32 Å². The molecule has 3 atom stereocenters. The molecule has 1 saturated heterocycles. The lowest BCUT2D eigenvalue weighted by atomic mass is 10.1. The number of halogens is 1. The first kappa shape index (κ1) is 22.5. The van der Waals surface area contributed by atoms with E-state index in [-0.39, 0.29) is 24.2 Å². The van der Waals surface area contributed by atoms with Gasteiger partial charge in [0.05, 0.1) is 6.54 Å². The van der Waals surface area contributed by atoms with Gasteiger partial charge in [0.2, 0.25) is 0 Å². The number of nitrogens with one attached hydrogen (secondary N) is 2. The fraction of sp³-hybridized carbons (Fsp3) is 0.321. The van der Waals surface area contributed by atoms with Crippen molar-refractivity contribution in [3.8, 4) is 11.8 Å². The number of hydrogen-bond donors (Lipinski definition) is 2. The highest BCUT2D eigenvalue weighted by molar-refractivity contribution is 5.93. The van der Waals surface area contributed by atoms with Crippen LogP contribution in [-0.4, -0.2) is 44.3 Å². The Morgan fingerprint density at radius 1 is 1.31 bits per heavy atom. The molecule has 2 unspecified atom stereocenters. The van der Waals surface area contributed by atoms with Gasteiger partial charge in [0.25, 0.3) is 5.91 Å². The smallest absolute Gasteiger partial charge is 0.270 e. The summed E-state index contributed by atoms with van der Waals surface area (Å²) >= 11 is 0. The van der Waals surface area contributed by atoms with Crippen LogP contribution >= 0.6 is 0 Å². The van der Waals surface area contributed by atoms with E-state index in [1.807, 2.05) is 47.9 Å². The summed E-state index contributed by atoms with van der Waals surface area (Å²) in [5, 5.41) is 4.12. The molecule has 8 heteroatoms. The van der Waals surface area contributed by atoms with Gasteiger partial charge in [-0.05, 0) is 49.4 Å². The number of aryl methyl sites for hydroxylation is 1. The molecule has 0 spiro atoms. The highest BCUT2D eigenvalue weighted by atomic mass is 19.1. The van der Waals surface area contributed by atoms with E-state index >= 15 is 0 Å². The van der Waals surface area contributed by atoms with Crippen molar-refractivity contribution < 1.29 is 13.9 Å². The van der Waals surface area contributed by atoms with Gasteiger partial charge >= 0.3 is 0 Å². The monoisotopic (exact) mass is 483 g/mol. The van der Waals surface area contributed by atoms with Crippen molar-refractivity contribution in [3.05, 3.63) is 82.8 Å². The second-order valence-corrected chi connectivity index (χ2v) is 9.39. The molecule has 7 nitrogen and oxygen atoms in total. The minimum Gasteiger partial charge on any atom is -0.366 e. The number of carbonyl (C=O) groups is 1. The molecule has 0 aliphatic carbocycles. The Kier molecular flexibility index (Phi) is 5.78. The van der Waals surface area contributed by atoms with Crippen LogP contribution in [0.3, 0.4) is 0 Å². The first-order chi connectivity index (χ1) is 17.5. The highest BCUT2D eigenvalue weighted by Crippen LogP contribution is 2.29. The number of hydrogen-bond acceptors (Lipinski definition) is 4. The van der Waals surface area contributed by atoms with Crippen molar-refractivity contribution in [1.82, 2.24) is 24.8 Å². The minimum atomic E-state index is -0.954. The van der Waals surface area contributed by atoms with E-state index in [0.717, 1.165) is 41.7 Å². The zero-order valence-corrected chi connectivity index (χ0v) is 19.9. The molecule has 2 aliphatic heterocycles. The van der Waals surface area contributed by atoms with E-state index in [4.69, 9.17) is 4.74 Å². The molecular formula is C28H26FN5O2. The van der Waals surface area contributed by atoms with Gasteiger partial charge in [-0.2, -0.15) is 0 Å². The maximum Gasteiger partial charge on any atom is 0.270 e. The number of benzene rings is 1. The second-order valence-electron chi connectivity index (χ2n) is 9.39. The lowest BCUT2D eigenvalue weighted by Gasteiger charge is -2.19. The van der Waals surface area contributed by atoms with Crippen LogP contribution in [0.5, 0.6) is 0 Å². The van der Waals surface area contributed by atoms with Gasteiger partial charge in [-0.1, -0.05) is 30.0 Å². The summed E-state index contributed by atoms with van der Waals surface area (Å²) in [4.78, 5) is 25.9. The first-order valence-electron chi connectivity index (χ1n) is 12.2. The molecule has 4 aromatic rings. The predicted molar refractivity (Wildman–Crippen MR) is 133 cm³/mol. The Morgan fingerprint density at radius 2 is 2.19 bits per heavy atom. The van der Waals surface area contributed by atoms with Gasteiger partial charge < -0.3 is 19.6 Å². The number of pyridine rings is 1. The number of alkyl halides is 1. The van der Waals surface area contributed by atoms with Gasteiger partial charge in [-0.25, -0.2) is 14.4 Å². The Bertz CT molecular complexity index is 1470.